The largest absolute Gasteiger partial charge is 0.322 e. The molecule has 0 atom stereocenters. The number of hydrogen-bond donors (Lipinski definition) is 1. The molecule has 2 rings (SSSR count). The van der Waals surface area contributed by atoms with Crippen LogP contribution in [0.25, 0.3) is 0 Å². The molecule has 8 nitrogen and oxygen atoms in total. The number of nitro benzene ring substituents is 2. The maximum Gasteiger partial charge on any atom is 0.295 e. The van der Waals surface area contributed by atoms with Gasteiger partial charge in [0, 0.05) is 17.8 Å². The normalized spacial score (nSPS) is 10.3. The third kappa shape index (κ3) is 3.49. The predicted octanol–water partition coefficient (Wildman–Crippen LogP) is 4.03. The van der Waals surface area contributed by atoms with E-state index in [1.54, 1.807) is 19.1 Å². The lowest BCUT2D eigenvalue weighted by Crippen LogP contribution is -2.13. The summed E-state index contributed by atoms with van der Waals surface area (Å²) in [4.78, 5) is 32.5. The van der Waals surface area contributed by atoms with Crippen molar-refractivity contribution >= 4 is 34.6 Å². The van der Waals surface area contributed by atoms with Gasteiger partial charge in [-0.25, -0.2) is 0 Å². The molecular formula is C15H12ClN3O5. The van der Waals surface area contributed by atoms with Crippen molar-refractivity contribution in [1.82, 2.24) is 0 Å². The van der Waals surface area contributed by atoms with E-state index in [1.807, 2.05) is 13.0 Å². The lowest BCUT2D eigenvalue weighted by atomic mass is 10.1. The molecule has 1 amide bonds. The van der Waals surface area contributed by atoms with Crippen LogP contribution in [0.2, 0.25) is 5.02 Å². The lowest BCUT2D eigenvalue weighted by Gasteiger charge is -2.09. The third-order valence-electron chi connectivity index (χ3n) is 3.32. The fourth-order valence-corrected chi connectivity index (χ4v) is 2.39. The van der Waals surface area contributed by atoms with Crippen molar-refractivity contribution in [2.24, 2.45) is 0 Å². The van der Waals surface area contributed by atoms with Gasteiger partial charge in [0.15, 0.2) is 5.02 Å². The summed E-state index contributed by atoms with van der Waals surface area (Å²) < 4.78 is 0. The highest BCUT2D eigenvalue weighted by Gasteiger charge is 2.27. The average molecular weight is 350 g/mol. The summed E-state index contributed by atoms with van der Waals surface area (Å²) in [6.45, 7) is 3.68. The number of rotatable bonds is 4. The molecule has 0 aliphatic carbocycles. The molecule has 9 heteroatoms. The quantitative estimate of drug-likeness (QED) is 0.660. The predicted molar refractivity (Wildman–Crippen MR) is 88.6 cm³/mol. The van der Waals surface area contributed by atoms with Crippen LogP contribution in [0.15, 0.2) is 30.3 Å². The smallest absolute Gasteiger partial charge is 0.295 e. The second-order valence-corrected chi connectivity index (χ2v) is 5.49. The maximum atomic E-state index is 12.3. The molecule has 0 spiro atoms. The molecule has 0 saturated heterocycles. The van der Waals surface area contributed by atoms with E-state index >= 15 is 0 Å². The number of anilines is 1. The Morgan fingerprint density at radius 3 is 2.04 bits per heavy atom. The zero-order chi connectivity index (χ0) is 18.0. The van der Waals surface area contributed by atoms with Crippen molar-refractivity contribution < 1.29 is 14.6 Å². The highest BCUT2D eigenvalue weighted by molar-refractivity contribution is 6.35. The molecule has 124 valence electrons. The number of carbonyl (C=O) groups excluding carboxylic acids is 1. The number of hydrogen-bond acceptors (Lipinski definition) is 5. The van der Waals surface area contributed by atoms with E-state index in [2.05, 4.69) is 5.32 Å². The highest BCUT2D eigenvalue weighted by atomic mass is 35.5. The second kappa shape index (κ2) is 6.63. The Kier molecular flexibility index (Phi) is 4.79. The fraction of sp³-hybridized carbons (Fsp3) is 0.133. The molecule has 0 unspecified atom stereocenters. The van der Waals surface area contributed by atoms with Crippen LogP contribution in [-0.2, 0) is 0 Å². The SMILES string of the molecule is Cc1ccc(NC(=O)c2cc([N+](=O)[O-])c(Cl)c([N+](=O)[O-])c2)c(C)c1. The van der Waals surface area contributed by atoms with Gasteiger partial charge in [0.05, 0.1) is 15.4 Å². The van der Waals surface area contributed by atoms with Crippen LogP contribution >= 0.6 is 11.6 Å². The first-order valence-electron chi connectivity index (χ1n) is 6.71. The van der Waals surface area contributed by atoms with E-state index in [-0.39, 0.29) is 5.56 Å². The molecule has 0 aliphatic heterocycles. The molecule has 0 fully saturated rings. The van der Waals surface area contributed by atoms with Crippen molar-refractivity contribution in [1.29, 1.82) is 0 Å². The van der Waals surface area contributed by atoms with Crippen LogP contribution in [0.5, 0.6) is 0 Å². The summed E-state index contributed by atoms with van der Waals surface area (Å²) >= 11 is 5.66. The van der Waals surface area contributed by atoms with Crippen molar-refractivity contribution in [3.63, 3.8) is 0 Å². The zero-order valence-electron chi connectivity index (χ0n) is 12.7. The van der Waals surface area contributed by atoms with Crippen LogP contribution in [-0.4, -0.2) is 15.8 Å². The average Bonchev–Trinajstić information content (AvgIpc) is 2.49. The lowest BCUT2D eigenvalue weighted by molar-refractivity contribution is -0.393. The summed E-state index contributed by atoms with van der Waals surface area (Å²) in [5.41, 5.74) is 0.682. The first kappa shape index (κ1) is 17.4. The summed E-state index contributed by atoms with van der Waals surface area (Å²) in [5.74, 6) is -0.704. The molecule has 2 aromatic carbocycles. The van der Waals surface area contributed by atoms with E-state index in [4.69, 9.17) is 11.6 Å². The minimum Gasteiger partial charge on any atom is -0.322 e. The van der Waals surface area contributed by atoms with Crippen molar-refractivity contribution in [2.75, 3.05) is 5.32 Å². The molecule has 0 radical (unpaired) electrons. The first-order chi connectivity index (χ1) is 11.2. The molecule has 24 heavy (non-hydrogen) atoms. The van der Waals surface area contributed by atoms with Crippen LogP contribution < -0.4 is 5.32 Å². The fourth-order valence-electron chi connectivity index (χ4n) is 2.14. The van der Waals surface area contributed by atoms with Gasteiger partial charge in [-0.2, -0.15) is 0 Å². The van der Waals surface area contributed by atoms with Gasteiger partial charge < -0.3 is 5.32 Å². The molecule has 0 saturated carbocycles. The number of nitrogens with zero attached hydrogens (tertiary/aromatic N) is 2. The zero-order valence-corrected chi connectivity index (χ0v) is 13.5. The number of nitro groups is 2. The summed E-state index contributed by atoms with van der Waals surface area (Å²) in [6.07, 6.45) is 0. The van der Waals surface area contributed by atoms with Gasteiger partial charge in [-0.3, -0.25) is 25.0 Å². The van der Waals surface area contributed by atoms with Crippen LogP contribution in [0.1, 0.15) is 21.5 Å². The molecule has 0 heterocycles. The maximum absolute atomic E-state index is 12.3. The number of carbonyl (C=O) groups is 1. The number of amides is 1. The number of aryl methyl sites for hydroxylation is 2. The summed E-state index contributed by atoms with van der Waals surface area (Å²) in [7, 11) is 0. The van der Waals surface area contributed by atoms with Gasteiger partial charge in [0.25, 0.3) is 17.3 Å². The van der Waals surface area contributed by atoms with Gasteiger partial charge in [-0.15, -0.1) is 0 Å². The van der Waals surface area contributed by atoms with E-state index in [9.17, 15) is 25.0 Å². The van der Waals surface area contributed by atoms with E-state index < -0.39 is 32.2 Å². The van der Waals surface area contributed by atoms with E-state index in [0.29, 0.717) is 5.69 Å². The van der Waals surface area contributed by atoms with Gasteiger partial charge in [-0.1, -0.05) is 29.3 Å². The Hall–Kier alpha value is -3.00. The van der Waals surface area contributed by atoms with Gasteiger partial charge in [0.1, 0.15) is 0 Å². The van der Waals surface area contributed by atoms with E-state index in [1.165, 1.54) is 0 Å². The van der Waals surface area contributed by atoms with Crippen LogP contribution in [0, 0.1) is 34.1 Å². The molecule has 2 aromatic rings. The Morgan fingerprint density at radius 2 is 1.58 bits per heavy atom. The second-order valence-electron chi connectivity index (χ2n) is 5.12. The Labute approximate surface area is 141 Å². The Morgan fingerprint density at radius 1 is 1.04 bits per heavy atom. The molecule has 0 aromatic heterocycles. The topological polar surface area (TPSA) is 115 Å². The first-order valence-corrected chi connectivity index (χ1v) is 7.09. The summed E-state index contributed by atoms with van der Waals surface area (Å²) in [6, 6.07) is 7.14. The monoisotopic (exact) mass is 349 g/mol. The molecule has 0 bridgehead atoms. The standard InChI is InChI=1S/C15H12ClN3O5/c1-8-3-4-11(9(2)5-8)17-15(20)10-6-12(18(21)22)14(16)13(7-10)19(23)24/h3-7H,1-2H3,(H,17,20). The molecular weight excluding hydrogens is 338 g/mol. The van der Waals surface area contributed by atoms with Gasteiger partial charge in [-0.05, 0) is 25.5 Å². The van der Waals surface area contributed by atoms with Gasteiger partial charge in [0.2, 0.25) is 0 Å². The van der Waals surface area contributed by atoms with E-state index in [0.717, 1.165) is 23.3 Å². The number of nitrogens with one attached hydrogen (secondary N) is 1. The number of benzene rings is 2. The van der Waals surface area contributed by atoms with Gasteiger partial charge >= 0.3 is 0 Å². The minimum atomic E-state index is -0.872. The van der Waals surface area contributed by atoms with Crippen LogP contribution in [0.4, 0.5) is 17.1 Å². The highest BCUT2D eigenvalue weighted by Crippen LogP contribution is 2.35. The van der Waals surface area contributed by atoms with Crippen LogP contribution in [0.3, 0.4) is 0 Å². The number of halogens is 1. The third-order valence-corrected chi connectivity index (χ3v) is 3.71. The Bertz CT molecular complexity index is 831. The summed E-state index contributed by atoms with van der Waals surface area (Å²) in [5, 5.41) is 23.9. The molecule has 1 N–H and O–H groups in total. The van der Waals surface area contributed by atoms with Crippen molar-refractivity contribution in [3.8, 4) is 0 Å². The Balaban J connectivity index is 2.45. The molecule has 0 aliphatic rings. The van der Waals surface area contributed by atoms with Crippen molar-refractivity contribution in [3.05, 3.63) is 72.3 Å². The minimum absolute atomic E-state index is 0.224. The van der Waals surface area contributed by atoms with Crippen molar-refractivity contribution in [2.45, 2.75) is 13.8 Å².